The summed E-state index contributed by atoms with van der Waals surface area (Å²) < 4.78 is 0. The molecule has 5 heteroatoms. The molecular weight excluding hydrogens is 224 g/mol. The van der Waals surface area contributed by atoms with E-state index in [1.807, 2.05) is 11.9 Å². The van der Waals surface area contributed by atoms with Gasteiger partial charge in [-0.05, 0) is 5.41 Å². The number of hydrogen-bond donors (Lipinski definition) is 1. The van der Waals surface area contributed by atoms with Crippen LogP contribution in [0, 0.1) is 5.41 Å². The Bertz CT molecular complexity index is 359. The molecule has 1 heterocycles. The summed E-state index contributed by atoms with van der Waals surface area (Å²) in [5.74, 6) is 1.34. The van der Waals surface area contributed by atoms with Crippen LogP contribution in [0.1, 0.15) is 20.8 Å². The van der Waals surface area contributed by atoms with Crippen LogP contribution in [0.2, 0.25) is 5.02 Å². The van der Waals surface area contributed by atoms with Crippen molar-refractivity contribution in [1.29, 1.82) is 0 Å². The Morgan fingerprint density at radius 3 is 2.56 bits per heavy atom. The first kappa shape index (κ1) is 13.0. The molecule has 0 unspecified atom stereocenters. The van der Waals surface area contributed by atoms with Crippen molar-refractivity contribution in [2.75, 3.05) is 30.9 Å². The van der Waals surface area contributed by atoms with Gasteiger partial charge in [-0.15, -0.1) is 0 Å². The maximum absolute atomic E-state index is 6.08. The maximum atomic E-state index is 6.08. The van der Waals surface area contributed by atoms with Crippen molar-refractivity contribution in [3.63, 3.8) is 0 Å². The van der Waals surface area contributed by atoms with Crippen LogP contribution in [-0.2, 0) is 0 Å². The molecule has 0 saturated carbocycles. The molecule has 0 fully saturated rings. The second kappa shape index (κ2) is 4.87. The fourth-order valence-electron chi connectivity index (χ4n) is 1.53. The first-order valence-electron chi connectivity index (χ1n) is 5.25. The van der Waals surface area contributed by atoms with Crippen molar-refractivity contribution in [1.82, 2.24) is 9.97 Å². The minimum Gasteiger partial charge on any atom is -0.358 e. The standard InChI is InChI=1S/C11H19ClN4/c1-11(2,3)7-16(5)9-8(12)6-14-10(13-4)15-9/h6H,7H2,1-5H3,(H,13,14,15). The normalized spacial score (nSPS) is 11.4. The summed E-state index contributed by atoms with van der Waals surface area (Å²) in [6, 6.07) is 0. The van der Waals surface area contributed by atoms with E-state index >= 15 is 0 Å². The Balaban J connectivity index is 2.93. The molecule has 0 aliphatic heterocycles. The van der Waals surface area contributed by atoms with Gasteiger partial charge in [-0.25, -0.2) is 4.98 Å². The SMILES string of the molecule is CNc1ncc(Cl)c(N(C)CC(C)(C)C)n1. The summed E-state index contributed by atoms with van der Waals surface area (Å²) in [6.07, 6.45) is 1.62. The zero-order valence-corrected chi connectivity index (χ0v) is 11.3. The van der Waals surface area contributed by atoms with Gasteiger partial charge in [0, 0.05) is 20.6 Å². The minimum absolute atomic E-state index is 0.197. The third-order valence-electron chi connectivity index (χ3n) is 2.02. The van der Waals surface area contributed by atoms with E-state index in [0.717, 1.165) is 12.4 Å². The third-order valence-corrected chi connectivity index (χ3v) is 2.29. The van der Waals surface area contributed by atoms with Gasteiger partial charge in [-0.2, -0.15) is 4.98 Å². The predicted molar refractivity (Wildman–Crippen MR) is 69.3 cm³/mol. The van der Waals surface area contributed by atoms with Gasteiger partial charge < -0.3 is 10.2 Å². The van der Waals surface area contributed by atoms with Crippen molar-refractivity contribution in [2.45, 2.75) is 20.8 Å². The van der Waals surface area contributed by atoms with Gasteiger partial charge in [0.15, 0.2) is 5.82 Å². The van der Waals surface area contributed by atoms with Crippen molar-refractivity contribution in [3.05, 3.63) is 11.2 Å². The minimum atomic E-state index is 0.197. The van der Waals surface area contributed by atoms with E-state index in [2.05, 4.69) is 36.1 Å². The number of aromatic nitrogens is 2. The molecule has 0 amide bonds. The van der Waals surface area contributed by atoms with Crippen LogP contribution < -0.4 is 10.2 Å². The van der Waals surface area contributed by atoms with E-state index in [1.54, 1.807) is 13.2 Å². The molecule has 1 N–H and O–H groups in total. The summed E-state index contributed by atoms with van der Waals surface area (Å²) in [4.78, 5) is 10.4. The van der Waals surface area contributed by atoms with Crippen LogP contribution in [-0.4, -0.2) is 30.6 Å². The monoisotopic (exact) mass is 242 g/mol. The molecule has 0 aliphatic carbocycles. The molecule has 0 aromatic carbocycles. The molecule has 0 bridgehead atoms. The summed E-state index contributed by atoms with van der Waals surface area (Å²) >= 11 is 6.08. The number of nitrogens with one attached hydrogen (secondary N) is 1. The molecule has 16 heavy (non-hydrogen) atoms. The first-order chi connectivity index (χ1) is 7.33. The Morgan fingerprint density at radius 2 is 2.06 bits per heavy atom. The van der Waals surface area contributed by atoms with Gasteiger partial charge in [0.05, 0.1) is 6.20 Å². The van der Waals surface area contributed by atoms with Crippen LogP contribution in [0.25, 0.3) is 0 Å². The van der Waals surface area contributed by atoms with Gasteiger partial charge >= 0.3 is 0 Å². The summed E-state index contributed by atoms with van der Waals surface area (Å²) in [5.41, 5.74) is 0.197. The zero-order chi connectivity index (χ0) is 12.3. The van der Waals surface area contributed by atoms with E-state index in [4.69, 9.17) is 11.6 Å². The van der Waals surface area contributed by atoms with Crippen molar-refractivity contribution >= 4 is 23.4 Å². The number of hydrogen-bond acceptors (Lipinski definition) is 4. The lowest BCUT2D eigenvalue weighted by Gasteiger charge is -2.28. The zero-order valence-electron chi connectivity index (χ0n) is 10.5. The van der Waals surface area contributed by atoms with Crippen molar-refractivity contribution in [2.24, 2.45) is 5.41 Å². The molecule has 0 saturated heterocycles. The highest BCUT2D eigenvalue weighted by Crippen LogP contribution is 2.25. The molecule has 1 rings (SSSR count). The van der Waals surface area contributed by atoms with Crippen molar-refractivity contribution in [3.8, 4) is 0 Å². The van der Waals surface area contributed by atoms with Crippen molar-refractivity contribution < 1.29 is 0 Å². The highest BCUT2D eigenvalue weighted by Gasteiger charge is 2.17. The summed E-state index contributed by atoms with van der Waals surface area (Å²) in [6.45, 7) is 7.42. The Hall–Kier alpha value is -1.03. The molecule has 0 aliphatic rings. The van der Waals surface area contributed by atoms with Crippen LogP contribution in [0.15, 0.2) is 6.20 Å². The number of halogens is 1. The van der Waals surface area contributed by atoms with E-state index in [9.17, 15) is 0 Å². The smallest absolute Gasteiger partial charge is 0.224 e. The van der Waals surface area contributed by atoms with E-state index in [-0.39, 0.29) is 5.41 Å². The lowest BCUT2D eigenvalue weighted by Crippen LogP contribution is -2.30. The summed E-state index contributed by atoms with van der Waals surface area (Å²) in [7, 11) is 3.77. The average molecular weight is 243 g/mol. The van der Waals surface area contributed by atoms with Gasteiger partial charge in [-0.3, -0.25) is 0 Å². The molecule has 1 aromatic rings. The molecular formula is C11H19ClN4. The van der Waals surface area contributed by atoms with Gasteiger partial charge in [0.2, 0.25) is 5.95 Å². The maximum Gasteiger partial charge on any atom is 0.224 e. The fourth-order valence-corrected chi connectivity index (χ4v) is 1.77. The molecule has 0 radical (unpaired) electrons. The van der Waals surface area contributed by atoms with E-state index < -0.39 is 0 Å². The van der Waals surface area contributed by atoms with Crippen LogP contribution >= 0.6 is 11.6 Å². The predicted octanol–water partition coefficient (Wildman–Crippen LogP) is 2.65. The molecule has 0 spiro atoms. The van der Waals surface area contributed by atoms with Gasteiger partial charge in [0.25, 0.3) is 0 Å². The lowest BCUT2D eigenvalue weighted by molar-refractivity contribution is 0.418. The largest absolute Gasteiger partial charge is 0.358 e. The average Bonchev–Trinajstić information content (AvgIpc) is 2.15. The highest BCUT2D eigenvalue weighted by molar-refractivity contribution is 6.32. The van der Waals surface area contributed by atoms with E-state index in [0.29, 0.717) is 11.0 Å². The summed E-state index contributed by atoms with van der Waals surface area (Å²) in [5, 5.41) is 3.48. The quantitative estimate of drug-likeness (QED) is 0.885. The molecule has 0 atom stereocenters. The Labute approximate surface area is 102 Å². The van der Waals surface area contributed by atoms with Crippen LogP contribution in [0.4, 0.5) is 11.8 Å². The van der Waals surface area contributed by atoms with Gasteiger partial charge in [0.1, 0.15) is 5.02 Å². The second-order valence-electron chi connectivity index (χ2n) is 5.03. The van der Waals surface area contributed by atoms with Crippen LogP contribution in [0.5, 0.6) is 0 Å². The first-order valence-corrected chi connectivity index (χ1v) is 5.63. The van der Waals surface area contributed by atoms with Crippen LogP contribution in [0.3, 0.4) is 0 Å². The highest BCUT2D eigenvalue weighted by atomic mass is 35.5. The topological polar surface area (TPSA) is 41.1 Å². The van der Waals surface area contributed by atoms with E-state index in [1.165, 1.54) is 0 Å². The number of rotatable bonds is 3. The molecule has 1 aromatic heterocycles. The molecule has 4 nitrogen and oxygen atoms in total. The lowest BCUT2D eigenvalue weighted by atomic mass is 9.96. The van der Waals surface area contributed by atoms with Gasteiger partial charge in [-0.1, -0.05) is 32.4 Å². The Kier molecular flexibility index (Phi) is 3.97. The third kappa shape index (κ3) is 3.52. The number of anilines is 2. The second-order valence-corrected chi connectivity index (χ2v) is 5.44. The Morgan fingerprint density at radius 1 is 1.44 bits per heavy atom. The fraction of sp³-hybridized carbons (Fsp3) is 0.636. The number of nitrogens with zero attached hydrogens (tertiary/aromatic N) is 3. The molecule has 90 valence electrons.